The van der Waals surface area contributed by atoms with Crippen molar-refractivity contribution < 1.29 is 48.7 Å². The SMILES string of the molecule is CCC[C@@H](C)[C@H](O)[C@H](C)[C@@H]1OC(=O)C([C@@H](C)O)NC(=O)[C@H](C(C)C)OC(=O)[C@H](C)[C@H](O)[C@H]([C@@H](C)CC)NC(=O)[C@@]2(C)CSC(=N2)[C@@]2(C)CSC(=N2)c2csc(n2)C[C@H](OC)[C@@H]1C. The standard InChI is InChI=1S/C44H71N5O10S3/c1-14-16-23(6)33(51)25(8)36-24(7)29(57-13)17-30-45-28(18-60-30)38-48-44(12,20-61-38)42-49-43(11,19-62-42)41(56)47-31(22(5)15-2)34(52)26(9)39(54)58-35(21(3)4)37(53)46-32(27(10)50)40(55)59-36/h18,21-27,29,31-36,50-52H,14-17,19-20H2,1-13H3,(H,46,53)(H,47,56)/t22-,23+,24-,25-,26+,27+,29-,31-,32?,33-,34-,35-,36+,43+,44+/m0/s1. The maximum atomic E-state index is 14.2. The number of nitrogens with one attached hydrogen (secondary N) is 2. The van der Waals surface area contributed by atoms with Crippen molar-refractivity contribution in [3.05, 3.63) is 16.1 Å². The molecule has 15 atom stereocenters. The van der Waals surface area contributed by atoms with E-state index in [4.69, 9.17) is 29.2 Å². The molecule has 0 radical (unpaired) electrons. The number of aliphatic imine (C=N–C) groups is 2. The van der Waals surface area contributed by atoms with Gasteiger partial charge in [0.25, 0.3) is 5.91 Å². The summed E-state index contributed by atoms with van der Waals surface area (Å²) < 4.78 is 18.0. The molecule has 18 heteroatoms. The van der Waals surface area contributed by atoms with Crippen LogP contribution < -0.4 is 10.6 Å². The largest absolute Gasteiger partial charge is 0.460 e. The second-order valence-corrected chi connectivity index (χ2v) is 21.3. The number of hydrogen-bond acceptors (Lipinski definition) is 16. The maximum Gasteiger partial charge on any atom is 0.331 e. The number of aliphatic hydroxyl groups excluding tert-OH is 3. The Morgan fingerprint density at radius 3 is 2.19 bits per heavy atom. The molecule has 3 aliphatic rings. The number of rotatable bonds is 10. The molecule has 0 saturated heterocycles. The van der Waals surface area contributed by atoms with Gasteiger partial charge in [0.05, 0.1) is 46.4 Å². The molecule has 2 amide bonds. The van der Waals surface area contributed by atoms with E-state index in [-0.39, 0.29) is 11.8 Å². The number of ether oxygens (including phenoxy) is 3. The molecular formula is C44H71N5O10S3. The van der Waals surface area contributed by atoms with Gasteiger partial charge in [0.2, 0.25) is 5.91 Å². The van der Waals surface area contributed by atoms with Gasteiger partial charge in [0.1, 0.15) is 27.9 Å². The Morgan fingerprint density at radius 2 is 1.60 bits per heavy atom. The molecule has 62 heavy (non-hydrogen) atoms. The minimum absolute atomic E-state index is 0.121. The van der Waals surface area contributed by atoms with Crippen LogP contribution in [0, 0.1) is 35.5 Å². The highest BCUT2D eigenvalue weighted by Crippen LogP contribution is 2.41. The van der Waals surface area contributed by atoms with Gasteiger partial charge in [-0.15, -0.1) is 34.9 Å². The predicted molar refractivity (Wildman–Crippen MR) is 245 cm³/mol. The van der Waals surface area contributed by atoms with E-state index in [1.54, 1.807) is 39.6 Å². The molecule has 1 aromatic heterocycles. The molecule has 0 spiro atoms. The first kappa shape index (κ1) is 52.0. The van der Waals surface area contributed by atoms with Crippen LogP contribution in [0.3, 0.4) is 0 Å². The molecule has 1 unspecified atom stereocenters. The molecule has 0 aromatic carbocycles. The average Bonchev–Trinajstić information content (AvgIpc) is 3.99. The Balaban J connectivity index is 1.80. The quantitative estimate of drug-likeness (QED) is 0.199. The van der Waals surface area contributed by atoms with E-state index < -0.39 is 107 Å². The van der Waals surface area contributed by atoms with Gasteiger partial charge in [0, 0.05) is 42.3 Å². The fourth-order valence-corrected chi connectivity index (χ4v) is 11.6. The van der Waals surface area contributed by atoms with Crippen LogP contribution in [0.15, 0.2) is 15.4 Å². The van der Waals surface area contributed by atoms with E-state index in [9.17, 15) is 34.5 Å². The van der Waals surface area contributed by atoms with E-state index in [0.717, 1.165) is 27.9 Å². The van der Waals surface area contributed by atoms with E-state index in [1.165, 1.54) is 36.9 Å². The third-order valence-electron chi connectivity index (χ3n) is 12.8. The molecule has 0 fully saturated rings. The highest BCUT2D eigenvalue weighted by Gasteiger charge is 2.48. The fraction of sp³-hybridized carbons (Fsp3) is 0.795. The molecule has 4 heterocycles. The van der Waals surface area contributed by atoms with Crippen molar-refractivity contribution in [2.45, 2.75) is 169 Å². The number of carbonyl (C=O) groups excluding carboxylic acids is 4. The second kappa shape index (κ2) is 22.1. The van der Waals surface area contributed by atoms with Crippen LogP contribution in [-0.2, 0) is 39.8 Å². The number of hydrogen-bond donors (Lipinski definition) is 5. The van der Waals surface area contributed by atoms with Crippen molar-refractivity contribution in [3.8, 4) is 0 Å². The average molecular weight is 926 g/mol. The predicted octanol–water partition coefficient (Wildman–Crippen LogP) is 4.81. The molecule has 1 aromatic rings. The van der Waals surface area contributed by atoms with Gasteiger partial charge in [0.15, 0.2) is 12.1 Å². The summed E-state index contributed by atoms with van der Waals surface area (Å²) in [5.74, 6) is -5.35. The van der Waals surface area contributed by atoms with Crippen LogP contribution in [0.5, 0.6) is 0 Å². The Bertz CT molecular complexity index is 1790. The number of thioether (sulfide) groups is 2. The summed E-state index contributed by atoms with van der Waals surface area (Å²) in [6.45, 7) is 21.4. The van der Waals surface area contributed by atoms with Crippen LogP contribution in [-0.4, -0.2) is 133 Å². The first-order valence-electron chi connectivity index (χ1n) is 22.0. The summed E-state index contributed by atoms with van der Waals surface area (Å²) in [6.07, 6.45) is -4.05. The molecule has 0 aliphatic carbocycles. The summed E-state index contributed by atoms with van der Waals surface area (Å²) >= 11 is 4.50. The third-order valence-corrected chi connectivity index (χ3v) is 16.4. The molecule has 15 nitrogen and oxygen atoms in total. The lowest BCUT2D eigenvalue weighted by atomic mass is 9.80. The highest BCUT2D eigenvalue weighted by molar-refractivity contribution is 8.16. The van der Waals surface area contributed by atoms with Crippen LogP contribution in [0.2, 0.25) is 0 Å². The fourth-order valence-electron chi connectivity index (χ4n) is 8.15. The summed E-state index contributed by atoms with van der Waals surface area (Å²) in [6, 6.07) is -2.44. The number of amides is 2. The van der Waals surface area contributed by atoms with Gasteiger partial charge < -0.3 is 40.2 Å². The highest BCUT2D eigenvalue weighted by atomic mass is 32.2. The van der Waals surface area contributed by atoms with E-state index >= 15 is 0 Å². The van der Waals surface area contributed by atoms with Gasteiger partial charge in [-0.25, -0.2) is 9.78 Å². The van der Waals surface area contributed by atoms with Crippen molar-refractivity contribution in [1.82, 2.24) is 15.6 Å². The molecule has 5 N–H and O–H groups in total. The van der Waals surface area contributed by atoms with Crippen molar-refractivity contribution in [1.29, 1.82) is 0 Å². The zero-order valence-corrected chi connectivity index (χ0v) is 41.1. The number of thiazole rings is 1. The number of nitrogens with zero attached hydrogens (tertiary/aromatic N) is 3. The lowest BCUT2D eigenvalue weighted by Gasteiger charge is -2.38. The van der Waals surface area contributed by atoms with Crippen molar-refractivity contribution >= 4 is 68.7 Å². The number of aromatic nitrogens is 1. The number of fused-ring (bicyclic) bond motifs is 6. The Hall–Kier alpha value is -2.61. The van der Waals surface area contributed by atoms with Crippen LogP contribution in [0.4, 0.5) is 0 Å². The molecule has 6 bridgehead atoms. The third kappa shape index (κ3) is 12.0. The first-order valence-corrected chi connectivity index (χ1v) is 24.9. The molecular weight excluding hydrogens is 855 g/mol. The lowest BCUT2D eigenvalue weighted by Crippen LogP contribution is -2.57. The zero-order chi connectivity index (χ0) is 46.4. The summed E-state index contributed by atoms with van der Waals surface area (Å²) in [5.41, 5.74) is -1.17. The molecule has 0 saturated carbocycles. The van der Waals surface area contributed by atoms with Gasteiger partial charge in [-0.2, -0.15) is 0 Å². The van der Waals surface area contributed by atoms with Gasteiger partial charge in [-0.05, 0) is 51.9 Å². The van der Waals surface area contributed by atoms with Gasteiger partial charge in [-0.1, -0.05) is 68.2 Å². The van der Waals surface area contributed by atoms with Crippen molar-refractivity contribution in [3.63, 3.8) is 0 Å². The summed E-state index contributed by atoms with van der Waals surface area (Å²) in [5, 5.41) is 44.0. The van der Waals surface area contributed by atoms with Crippen LogP contribution >= 0.6 is 34.9 Å². The van der Waals surface area contributed by atoms with Crippen LogP contribution in [0.1, 0.15) is 113 Å². The number of esters is 2. The number of methoxy groups -OCH3 is 1. The normalized spacial score (nSPS) is 34.5. The zero-order valence-electron chi connectivity index (χ0n) is 38.7. The maximum absolute atomic E-state index is 14.2. The van der Waals surface area contributed by atoms with E-state index in [2.05, 4.69) is 10.6 Å². The first-order chi connectivity index (χ1) is 29.0. The number of aliphatic hydroxyl groups is 3. The minimum atomic E-state index is -1.57. The minimum Gasteiger partial charge on any atom is -0.460 e. The molecule has 4 rings (SSSR count). The number of carbonyl (C=O) groups is 4. The Kier molecular flexibility index (Phi) is 18.5. The summed E-state index contributed by atoms with van der Waals surface area (Å²) in [7, 11) is 1.57. The van der Waals surface area contributed by atoms with Crippen molar-refractivity contribution in [2.75, 3.05) is 18.6 Å². The van der Waals surface area contributed by atoms with E-state index in [0.29, 0.717) is 30.0 Å². The van der Waals surface area contributed by atoms with Crippen LogP contribution in [0.25, 0.3) is 0 Å². The number of cyclic esters (lactones) is 2. The van der Waals surface area contributed by atoms with Gasteiger partial charge >= 0.3 is 11.9 Å². The Morgan fingerprint density at radius 1 is 0.935 bits per heavy atom. The smallest absolute Gasteiger partial charge is 0.331 e. The lowest BCUT2D eigenvalue weighted by molar-refractivity contribution is -0.172. The molecule has 350 valence electrons. The summed E-state index contributed by atoms with van der Waals surface area (Å²) in [4.78, 5) is 71.0. The Labute approximate surface area is 380 Å². The van der Waals surface area contributed by atoms with Crippen molar-refractivity contribution in [2.24, 2.45) is 45.5 Å². The second-order valence-electron chi connectivity index (χ2n) is 18.4. The topological polar surface area (TPSA) is 218 Å². The van der Waals surface area contributed by atoms with Gasteiger partial charge in [-0.3, -0.25) is 24.4 Å². The van der Waals surface area contributed by atoms with E-state index in [1.807, 2.05) is 53.8 Å². The molecule has 3 aliphatic heterocycles. The monoisotopic (exact) mass is 925 g/mol.